The Bertz CT molecular complexity index is 828. The molecule has 0 unspecified atom stereocenters. The second-order valence-corrected chi connectivity index (χ2v) is 5.27. The van der Waals surface area contributed by atoms with Crippen molar-refractivity contribution in [2.45, 2.75) is 13.0 Å². The van der Waals surface area contributed by atoms with E-state index >= 15 is 0 Å². The van der Waals surface area contributed by atoms with Crippen LogP contribution in [0, 0.1) is 0 Å². The molecule has 1 atom stereocenters. The van der Waals surface area contributed by atoms with E-state index in [1.807, 2.05) is 19.1 Å². The van der Waals surface area contributed by atoms with Crippen molar-refractivity contribution in [1.82, 2.24) is 15.2 Å². The number of aromatic amines is 1. The fraction of sp³-hybridized carbons (Fsp3) is 0.188. The van der Waals surface area contributed by atoms with Crippen molar-refractivity contribution in [3.05, 3.63) is 48.3 Å². The number of nitrogens with two attached hydrogens (primary N) is 1. The predicted octanol–water partition coefficient (Wildman–Crippen LogP) is 1.94. The molecule has 118 valence electrons. The molecule has 0 aliphatic carbocycles. The standard InChI is InChI=1S/C16H17N5O2/c1-10(17)9-23-16-13(3-2-6-18-16)15(22)20-12-4-5-14-11(7-12)8-19-21-14/h2-8,10H,9,17H2,1H3,(H,19,21)(H,20,22)/t10-/m1/s1. The SMILES string of the molecule is C[C@@H](N)COc1ncccc1C(=O)Nc1ccc2[nH]ncc2c1. The van der Waals surface area contributed by atoms with E-state index in [0.29, 0.717) is 11.3 Å². The van der Waals surface area contributed by atoms with E-state index in [1.54, 1.807) is 30.6 Å². The zero-order valence-electron chi connectivity index (χ0n) is 12.6. The minimum absolute atomic E-state index is 0.142. The van der Waals surface area contributed by atoms with Crippen molar-refractivity contribution in [2.24, 2.45) is 5.73 Å². The molecule has 7 nitrogen and oxygen atoms in total. The first kappa shape index (κ1) is 15.0. The Morgan fingerprint density at radius 3 is 3.13 bits per heavy atom. The van der Waals surface area contributed by atoms with Gasteiger partial charge < -0.3 is 15.8 Å². The topological polar surface area (TPSA) is 106 Å². The van der Waals surface area contributed by atoms with Crippen LogP contribution in [0.3, 0.4) is 0 Å². The van der Waals surface area contributed by atoms with Crippen LogP contribution in [0.2, 0.25) is 0 Å². The van der Waals surface area contributed by atoms with Gasteiger partial charge >= 0.3 is 0 Å². The van der Waals surface area contributed by atoms with E-state index in [2.05, 4.69) is 20.5 Å². The number of rotatable bonds is 5. The van der Waals surface area contributed by atoms with Crippen LogP contribution in [0.1, 0.15) is 17.3 Å². The summed E-state index contributed by atoms with van der Waals surface area (Å²) in [7, 11) is 0. The average Bonchev–Trinajstić information content (AvgIpc) is 3.00. The molecule has 1 aromatic carbocycles. The van der Waals surface area contributed by atoms with Gasteiger partial charge in [-0.15, -0.1) is 0 Å². The highest BCUT2D eigenvalue weighted by molar-refractivity contribution is 6.06. The average molecular weight is 311 g/mol. The van der Waals surface area contributed by atoms with Gasteiger partial charge in [-0.25, -0.2) is 4.98 Å². The molecule has 4 N–H and O–H groups in total. The Hall–Kier alpha value is -2.93. The van der Waals surface area contributed by atoms with Gasteiger partial charge in [0.05, 0.1) is 11.7 Å². The van der Waals surface area contributed by atoms with Crippen molar-refractivity contribution >= 4 is 22.5 Å². The van der Waals surface area contributed by atoms with Gasteiger partial charge in [0, 0.05) is 23.3 Å². The lowest BCUT2D eigenvalue weighted by molar-refractivity contribution is 0.102. The Kier molecular flexibility index (Phi) is 4.20. The van der Waals surface area contributed by atoms with Gasteiger partial charge in [-0.1, -0.05) is 0 Å². The molecule has 0 aliphatic rings. The van der Waals surface area contributed by atoms with Gasteiger partial charge in [0.25, 0.3) is 5.91 Å². The highest BCUT2D eigenvalue weighted by Crippen LogP contribution is 2.20. The number of fused-ring (bicyclic) bond motifs is 1. The van der Waals surface area contributed by atoms with Crippen LogP contribution in [0.4, 0.5) is 5.69 Å². The monoisotopic (exact) mass is 311 g/mol. The highest BCUT2D eigenvalue weighted by atomic mass is 16.5. The lowest BCUT2D eigenvalue weighted by atomic mass is 10.2. The fourth-order valence-corrected chi connectivity index (χ4v) is 2.11. The van der Waals surface area contributed by atoms with Gasteiger partial charge in [-0.2, -0.15) is 5.10 Å². The summed E-state index contributed by atoms with van der Waals surface area (Å²) in [6.45, 7) is 2.11. The third-order valence-electron chi connectivity index (χ3n) is 3.20. The molecule has 3 aromatic rings. The summed E-state index contributed by atoms with van der Waals surface area (Å²) in [6.07, 6.45) is 3.27. The zero-order chi connectivity index (χ0) is 16.2. The normalized spacial score (nSPS) is 12.1. The van der Waals surface area contributed by atoms with Crippen molar-refractivity contribution in [1.29, 1.82) is 0 Å². The smallest absolute Gasteiger partial charge is 0.261 e. The molecule has 0 saturated carbocycles. The van der Waals surface area contributed by atoms with E-state index in [9.17, 15) is 4.79 Å². The second-order valence-electron chi connectivity index (χ2n) is 5.27. The molecule has 0 bridgehead atoms. The molecular formula is C16H17N5O2. The van der Waals surface area contributed by atoms with Crippen LogP contribution < -0.4 is 15.8 Å². The number of H-pyrrole nitrogens is 1. The number of hydrogen-bond donors (Lipinski definition) is 3. The summed E-state index contributed by atoms with van der Waals surface area (Å²) in [5, 5.41) is 10.6. The molecule has 23 heavy (non-hydrogen) atoms. The fourth-order valence-electron chi connectivity index (χ4n) is 2.11. The van der Waals surface area contributed by atoms with Crippen molar-refractivity contribution in [3.63, 3.8) is 0 Å². The third-order valence-corrected chi connectivity index (χ3v) is 3.20. The molecule has 0 fully saturated rings. The largest absolute Gasteiger partial charge is 0.475 e. The number of carbonyl (C=O) groups is 1. The van der Waals surface area contributed by atoms with Crippen molar-refractivity contribution in [3.8, 4) is 5.88 Å². The number of nitrogens with one attached hydrogen (secondary N) is 2. The first-order chi connectivity index (χ1) is 11.1. The van der Waals surface area contributed by atoms with Gasteiger partial charge in [0.2, 0.25) is 5.88 Å². The highest BCUT2D eigenvalue weighted by Gasteiger charge is 2.14. The van der Waals surface area contributed by atoms with Gasteiger partial charge in [0.1, 0.15) is 12.2 Å². The summed E-state index contributed by atoms with van der Waals surface area (Å²) in [6, 6.07) is 8.71. The molecule has 0 aliphatic heterocycles. The Labute approximate surface area is 132 Å². The van der Waals surface area contributed by atoms with E-state index in [4.69, 9.17) is 10.5 Å². The number of amides is 1. The minimum atomic E-state index is -0.291. The molecular weight excluding hydrogens is 294 g/mol. The minimum Gasteiger partial charge on any atom is -0.475 e. The number of anilines is 1. The van der Waals surface area contributed by atoms with E-state index in [1.165, 1.54) is 0 Å². The molecule has 7 heteroatoms. The molecule has 1 amide bonds. The maximum absolute atomic E-state index is 12.5. The maximum atomic E-state index is 12.5. The number of aromatic nitrogens is 3. The lowest BCUT2D eigenvalue weighted by Gasteiger charge is -2.12. The molecule has 0 radical (unpaired) electrons. The summed E-state index contributed by atoms with van der Waals surface area (Å²) >= 11 is 0. The van der Waals surface area contributed by atoms with E-state index < -0.39 is 0 Å². The zero-order valence-corrected chi connectivity index (χ0v) is 12.6. The first-order valence-corrected chi connectivity index (χ1v) is 7.21. The second kappa shape index (κ2) is 6.45. The van der Waals surface area contributed by atoms with E-state index in [-0.39, 0.29) is 24.4 Å². The number of hydrogen-bond acceptors (Lipinski definition) is 5. The van der Waals surface area contributed by atoms with E-state index in [0.717, 1.165) is 10.9 Å². The van der Waals surface area contributed by atoms with Crippen LogP contribution in [0.15, 0.2) is 42.7 Å². The number of carbonyl (C=O) groups excluding carboxylic acids is 1. The first-order valence-electron chi connectivity index (χ1n) is 7.21. The number of pyridine rings is 1. The Morgan fingerprint density at radius 1 is 1.43 bits per heavy atom. The Morgan fingerprint density at radius 2 is 2.30 bits per heavy atom. The van der Waals surface area contributed by atoms with Crippen molar-refractivity contribution in [2.75, 3.05) is 11.9 Å². The molecule has 2 aromatic heterocycles. The van der Waals surface area contributed by atoms with Crippen LogP contribution in [0.5, 0.6) is 5.88 Å². The Balaban J connectivity index is 1.79. The molecule has 0 saturated heterocycles. The lowest BCUT2D eigenvalue weighted by Crippen LogP contribution is -2.25. The molecule has 3 rings (SSSR count). The van der Waals surface area contributed by atoms with Gasteiger partial charge in [-0.05, 0) is 37.3 Å². The number of ether oxygens (including phenoxy) is 1. The maximum Gasteiger partial charge on any atom is 0.261 e. The van der Waals surface area contributed by atoms with Crippen LogP contribution in [-0.2, 0) is 0 Å². The van der Waals surface area contributed by atoms with Gasteiger partial charge in [-0.3, -0.25) is 9.89 Å². The third kappa shape index (κ3) is 3.46. The molecule has 0 spiro atoms. The van der Waals surface area contributed by atoms with Crippen LogP contribution >= 0.6 is 0 Å². The predicted molar refractivity (Wildman–Crippen MR) is 87.4 cm³/mol. The summed E-state index contributed by atoms with van der Waals surface area (Å²) < 4.78 is 5.50. The summed E-state index contributed by atoms with van der Waals surface area (Å²) in [5.74, 6) is -0.0210. The number of nitrogens with zero attached hydrogens (tertiary/aromatic N) is 2. The number of benzene rings is 1. The summed E-state index contributed by atoms with van der Waals surface area (Å²) in [5.41, 5.74) is 7.61. The van der Waals surface area contributed by atoms with Gasteiger partial charge in [0.15, 0.2) is 0 Å². The summed E-state index contributed by atoms with van der Waals surface area (Å²) in [4.78, 5) is 16.6. The van der Waals surface area contributed by atoms with Crippen LogP contribution in [0.25, 0.3) is 10.9 Å². The quantitative estimate of drug-likeness (QED) is 0.667. The molecule has 2 heterocycles. The van der Waals surface area contributed by atoms with Crippen molar-refractivity contribution < 1.29 is 9.53 Å². The van der Waals surface area contributed by atoms with Crippen LogP contribution in [-0.4, -0.2) is 33.7 Å².